The van der Waals surface area contributed by atoms with E-state index in [9.17, 15) is 35.1 Å². The van der Waals surface area contributed by atoms with Crippen molar-refractivity contribution < 1.29 is 35.1 Å². The largest absolute Gasteiger partial charge is 0.389 e. The maximum atomic E-state index is 15.0. The molecule has 0 aliphatic heterocycles. The Morgan fingerprint density at radius 3 is 1.82 bits per heavy atom. The summed E-state index contributed by atoms with van der Waals surface area (Å²) in [5, 5.41) is 0. The van der Waals surface area contributed by atoms with Gasteiger partial charge in [0.15, 0.2) is 0 Å². The van der Waals surface area contributed by atoms with Gasteiger partial charge in [0.05, 0.1) is 5.56 Å². The van der Waals surface area contributed by atoms with Crippen molar-refractivity contribution in [2.24, 2.45) is 11.8 Å². The third-order valence-electron chi connectivity index (χ3n) is 7.45. The van der Waals surface area contributed by atoms with Gasteiger partial charge in [-0.2, -0.15) is 13.2 Å². The van der Waals surface area contributed by atoms with Gasteiger partial charge in [0.1, 0.15) is 29.1 Å². The van der Waals surface area contributed by atoms with Gasteiger partial charge in [-0.3, -0.25) is 0 Å². The Kier molecular flexibility index (Phi) is 8.48. The fourth-order valence-corrected chi connectivity index (χ4v) is 5.19. The number of halogens is 8. The summed E-state index contributed by atoms with van der Waals surface area (Å²) in [5.41, 5.74) is -1.40. The zero-order chi connectivity index (χ0) is 27.6. The number of hydrogen-bond donors (Lipinski definition) is 0. The van der Waals surface area contributed by atoms with E-state index in [0.29, 0.717) is 24.5 Å². The summed E-state index contributed by atoms with van der Waals surface area (Å²) in [7, 11) is 0. The van der Waals surface area contributed by atoms with Gasteiger partial charge in [0, 0.05) is 17.5 Å². The minimum atomic E-state index is -4.62. The first kappa shape index (κ1) is 28.1. The molecule has 4 rings (SSSR count). The van der Waals surface area contributed by atoms with Crippen LogP contribution >= 0.6 is 0 Å². The number of aryl methyl sites for hydroxylation is 1. The van der Waals surface area contributed by atoms with E-state index in [1.165, 1.54) is 25.0 Å². The highest BCUT2D eigenvalue weighted by atomic mass is 19.4. The van der Waals surface area contributed by atoms with Gasteiger partial charge in [-0.25, -0.2) is 22.0 Å². The molecule has 0 nitrogen and oxygen atoms in total. The van der Waals surface area contributed by atoms with E-state index in [0.717, 1.165) is 42.9 Å². The number of alkyl halides is 3. The monoisotopic (exact) mass is 540 g/mol. The Morgan fingerprint density at radius 1 is 0.684 bits per heavy atom. The molecule has 1 aliphatic carbocycles. The molecule has 0 spiro atoms. The lowest BCUT2D eigenvalue weighted by Gasteiger charge is -2.26. The second-order valence-corrected chi connectivity index (χ2v) is 10.3. The van der Waals surface area contributed by atoms with Crippen molar-refractivity contribution in [3.05, 3.63) is 82.7 Å². The summed E-state index contributed by atoms with van der Waals surface area (Å²) in [6, 6.07) is 7.46. The quantitative estimate of drug-likeness (QED) is 0.262. The molecule has 0 aromatic heterocycles. The van der Waals surface area contributed by atoms with Crippen LogP contribution in [0.2, 0.25) is 0 Å². The van der Waals surface area contributed by atoms with Crippen molar-refractivity contribution in [1.82, 2.24) is 0 Å². The Bertz CT molecular complexity index is 1240. The number of rotatable bonds is 7. The summed E-state index contributed by atoms with van der Waals surface area (Å²) in [6.07, 6.45) is -0.623. The number of benzene rings is 3. The Hall–Kier alpha value is -2.90. The van der Waals surface area contributed by atoms with Crippen LogP contribution in [-0.2, 0) is 12.8 Å². The fraction of sp³-hybridized carbons (Fsp3) is 0.400. The molecule has 0 saturated heterocycles. The second kappa shape index (κ2) is 11.5. The van der Waals surface area contributed by atoms with E-state index in [4.69, 9.17) is 0 Å². The second-order valence-electron chi connectivity index (χ2n) is 10.3. The number of hydrogen-bond acceptors (Lipinski definition) is 0. The summed E-state index contributed by atoms with van der Waals surface area (Å²) >= 11 is 0. The van der Waals surface area contributed by atoms with Crippen LogP contribution in [0.25, 0.3) is 22.3 Å². The van der Waals surface area contributed by atoms with E-state index in [1.54, 1.807) is 6.07 Å². The molecule has 0 bridgehead atoms. The minimum absolute atomic E-state index is 0.0237. The maximum absolute atomic E-state index is 15.0. The van der Waals surface area contributed by atoms with Crippen molar-refractivity contribution in [2.75, 3.05) is 0 Å². The van der Waals surface area contributed by atoms with Gasteiger partial charge < -0.3 is 0 Å². The molecule has 0 radical (unpaired) electrons. The molecule has 0 unspecified atom stereocenters. The SMILES string of the molecule is CC1CCC(CCc2ccc(-c3cc(F)c(-c4cc(F)c(CCC(F)(F)F)c(F)c4)c(F)c3)c(F)c2)CC1. The van der Waals surface area contributed by atoms with Gasteiger partial charge in [0.2, 0.25) is 0 Å². The third-order valence-corrected chi connectivity index (χ3v) is 7.45. The van der Waals surface area contributed by atoms with E-state index in [-0.39, 0.29) is 11.1 Å². The topological polar surface area (TPSA) is 0 Å². The van der Waals surface area contributed by atoms with Gasteiger partial charge in [0.25, 0.3) is 0 Å². The van der Waals surface area contributed by atoms with Crippen molar-refractivity contribution in [1.29, 1.82) is 0 Å². The Morgan fingerprint density at radius 2 is 1.26 bits per heavy atom. The van der Waals surface area contributed by atoms with Crippen molar-refractivity contribution in [2.45, 2.75) is 64.5 Å². The molecule has 1 saturated carbocycles. The van der Waals surface area contributed by atoms with E-state index in [1.807, 2.05) is 0 Å². The summed E-state index contributed by atoms with van der Waals surface area (Å²) in [4.78, 5) is 0. The maximum Gasteiger partial charge on any atom is 0.389 e. The molecular formula is C30H28F8. The molecule has 204 valence electrons. The first-order chi connectivity index (χ1) is 17.9. The van der Waals surface area contributed by atoms with Crippen molar-refractivity contribution >= 4 is 0 Å². The molecule has 3 aromatic rings. The highest BCUT2D eigenvalue weighted by Gasteiger charge is 2.28. The Labute approximate surface area is 216 Å². The van der Waals surface area contributed by atoms with Crippen LogP contribution in [0.4, 0.5) is 35.1 Å². The first-order valence-electron chi connectivity index (χ1n) is 12.7. The van der Waals surface area contributed by atoms with Crippen LogP contribution in [0.15, 0.2) is 42.5 Å². The molecule has 1 fully saturated rings. The van der Waals surface area contributed by atoms with Gasteiger partial charge in [-0.1, -0.05) is 44.7 Å². The van der Waals surface area contributed by atoms with Crippen LogP contribution < -0.4 is 0 Å². The average Bonchev–Trinajstić information content (AvgIpc) is 2.82. The summed E-state index contributed by atoms with van der Waals surface area (Å²) < 4.78 is 111. The summed E-state index contributed by atoms with van der Waals surface area (Å²) in [6.45, 7) is 2.25. The minimum Gasteiger partial charge on any atom is -0.207 e. The van der Waals surface area contributed by atoms with Crippen molar-refractivity contribution in [3.63, 3.8) is 0 Å². The molecule has 0 atom stereocenters. The molecule has 0 heterocycles. The molecule has 0 amide bonds. The predicted octanol–water partition coefficient (Wildman–Crippen LogP) is 9.97. The van der Waals surface area contributed by atoms with Crippen LogP contribution in [-0.4, -0.2) is 6.18 Å². The lowest BCUT2D eigenvalue weighted by Crippen LogP contribution is -2.12. The molecule has 38 heavy (non-hydrogen) atoms. The van der Waals surface area contributed by atoms with Crippen LogP contribution in [0.3, 0.4) is 0 Å². The third kappa shape index (κ3) is 6.75. The molecule has 8 heteroatoms. The molecule has 0 N–H and O–H groups in total. The highest BCUT2D eigenvalue weighted by molar-refractivity contribution is 5.72. The standard InChI is InChI=1S/C30H28F8/c1-17-2-4-18(5-3-17)6-7-19-8-9-22(24(31)12-19)20-13-27(34)29(28(35)14-20)21-15-25(32)23(26(33)16-21)10-11-30(36,37)38/h8-9,12-18H,2-7,10-11H2,1H3. The normalized spacial score (nSPS) is 18.1. The average molecular weight is 541 g/mol. The smallest absolute Gasteiger partial charge is 0.207 e. The zero-order valence-electron chi connectivity index (χ0n) is 20.9. The lowest BCUT2D eigenvalue weighted by atomic mass is 9.80. The van der Waals surface area contributed by atoms with Crippen molar-refractivity contribution in [3.8, 4) is 22.3 Å². The zero-order valence-corrected chi connectivity index (χ0v) is 20.9. The molecule has 1 aliphatic rings. The predicted molar refractivity (Wildman–Crippen MR) is 131 cm³/mol. The van der Waals surface area contributed by atoms with Gasteiger partial charge in [-0.05, 0) is 78.1 Å². The van der Waals surface area contributed by atoms with Crippen LogP contribution in [0.5, 0.6) is 0 Å². The van der Waals surface area contributed by atoms with E-state index in [2.05, 4.69) is 6.92 Å². The highest BCUT2D eigenvalue weighted by Crippen LogP contribution is 2.35. The van der Waals surface area contributed by atoms with Gasteiger partial charge >= 0.3 is 6.18 Å². The van der Waals surface area contributed by atoms with Gasteiger partial charge in [-0.15, -0.1) is 0 Å². The van der Waals surface area contributed by atoms with Crippen LogP contribution in [0.1, 0.15) is 56.6 Å². The molecule has 3 aromatic carbocycles. The summed E-state index contributed by atoms with van der Waals surface area (Å²) in [5.74, 6) is -4.33. The van der Waals surface area contributed by atoms with Crippen LogP contribution in [0, 0.1) is 40.9 Å². The molecular weight excluding hydrogens is 512 g/mol. The fourth-order valence-electron chi connectivity index (χ4n) is 5.19. The first-order valence-corrected chi connectivity index (χ1v) is 12.7. The lowest BCUT2D eigenvalue weighted by molar-refractivity contribution is -0.134. The van der Waals surface area contributed by atoms with E-state index >= 15 is 0 Å². The Balaban J connectivity index is 1.53. The van der Waals surface area contributed by atoms with E-state index < -0.39 is 64.8 Å².